The molecule has 0 bridgehead atoms. The predicted molar refractivity (Wildman–Crippen MR) is 74.0 cm³/mol. The minimum atomic E-state index is -0.752. The monoisotopic (exact) mass is 339 g/mol. The molecule has 0 fully saturated rings. The van der Waals surface area contributed by atoms with Gasteiger partial charge in [-0.2, -0.15) is 5.10 Å². The van der Waals surface area contributed by atoms with Crippen molar-refractivity contribution in [3.05, 3.63) is 56.4 Å². The third kappa shape index (κ3) is 1.85. The molecule has 0 saturated carbocycles. The van der Waals surface area contributed by atoms with E-state index in [4.69, 9.17) is 0 Å². The molecule has 3 aromatic rings. The SMILES string of the molecule is Cc1nn(-c2c(F)cccc2F)c2[nH]c(=O)c(Br)cc12. The zero-order valence-electron chi connectivity index (χ0n) is 10.2. The van der Waals surface area contributed by atoms with Gasteiger partial charge in [-0.15, -0.1) is 0 Å². The Labute approximate surface area is 120 Å². The third-order valence-corrected chi connectivity index (χ3v) is 3.57. The normalized spacial score (nSPS) is 11.2. The molecule has 3 rings (SSSR count). The highest BCUT2D eigenvalue weighted by Gasteiger charge is 2.17. The van der Waals surface area contributed by atoms with E-state index in [0.717, 1.165) is 16.8 Å². The van der Waals surface area contributed by atoms with Crippen molar-refractivity contribution in [3.8, 4) is 5.69 Å². The number of rotatable bonds is 1. The fourth-order valence-electron chi connectivity index (χ4n) is 2.05. The molecular formula is C13H8BrF2N3O. The number of nitrogens with one attached hydrogen (secondary N) is 1. The average Bonchev–Trinajstić information content (AvgIpc) is 2.68. The number of fused-ring (bicyclic) bond motifs is 1. The molecule has 0 spiro atoms. The van der Waals surface area contributed by atoms with E-state index in [1.54, 1.807) is 13.0 Å². The Morgan fingerprint density at radius 2 is 1.95 bits per heavy atom. The summed E-state index contributed by atoms with van der Waals surface area (Å²) in [5.74, 6) is -1.50. The summed E-state index contributed by atoms with van der Waals surface area (Å²) in [7, 11) is 0. The van der Waals surface area contributed by atoms with Crippen LogP contribution in [0.2, 0.25) is 0 Å². The van der Waals surface area contributed by atoms with Crippen LogP contribution >= 0.6 is 15.9 Å². The number of hydrogen-bond acceptors (Lipinski definition) is 2. The average molecular weight is 340 g/mol. The predicted octanol–water partition coefficient (Wildman–Crippen LogP) is 3.06. The van der Waals surface area contributed by atoms with Gasteiger partial charge in [0, 0.05) is 5.39 Å². The van der Waals surface area contributed by atoms with E-state index >= 15 is 0 Å². The van der Waals surface area contributed by atoms with Gasteiger partial charge in [-0.3, -0.25) is 4.79 Å². The molecule has 1 aromatic carbocycles. The summed E-state index contributed by atoms with van der Waals surface area (Å²) < 4.78 is 29.1. The van der Waals surface area contributed by atoms with E-state index in [-0.39, 0.29) is 11.3 Å². The molecule has 1 N–H and O–H groups in total. The Balaban J connectivity index is 2.44. The van der Waals surface area contributed by atoms with E-state index in [0.29, 0.717) is 15.6 Å². The van der Waals surface area contributed by atoms with Crippen molar-refractivity contribution < 1.29 is 8.78 Å². The summed E-state index contributed by atoms with van der Waals surface area (Å²) in [6.45, 7) is 1.70. The number of hydrogen-bond donors (Lipinski definition) is 1. The quantitative estimate of drug-likeness (QED) is 0.740. The van der Waals surface area contributed by atoms with Crippen molar-refractivity contribution in [2.24, 2.45) is 0 Å². The molecule has 0 aliphatic rings. The van der Waals surface area contributed by atoms with Gasteiger partial charge in [0.2, 0.25) is 0 Å². The van der Waals surface area contributed by atoms with E-state index in [9.17, 15) is 13.6 Å². The van der Waals surface area contributed by atoms with Crippen LogP contribution in [-0.2, 0) is 0 Å². The number of H-pyrrole nitrogens is 1. The zero-order chi connectivity index (χ0) is 14.4. The summed E-state index contributed by atoms with van der Waals surface area (Å²) in [5, 5.41) is 4.72. The van der Waals surface area contributed by atoms with Crippen molar-refractivity contribution in [2.45, 2.75) is 6.92 Å². The molecule has 0 radical (unpaired) electrons. The maximum Gasteiger partial charge on any atom is 0.263 e. The lowest BCUT2D eigenvalue weighted by Crippen LogP contribution is -2.10. The van der Waals surface area contributed by atoms with Gasteiger partial charge in [0.05, 0.1) is 10.2 Å². The number of benzene rings is 1. The van der Waals surface area contributed by atoms with Gasteiger partial charge in [0.25, 0.3) is 5.56 Å². The Morgan fingerprint density at radius 1 is 1.30 bits per heavy atom. The van der Waals surface area contributed by atoms with Crippen molar-refractivity contribution in [2.75, 3.05) is 0 Å². The summed E-state index contributed by atoms with van der Waals surface area (Å²) in [4.78, 5) is 14.2. The van der Waals surface area contributed by atoms with E-state index in [1.165, 1.54) is 6.07 Å². The number of nitrogens with zero attached hydrogens (tertiary/aromatic N) is 2. The molecule has 7 heteroatoms. The largest absolute Gasteiger partial charge is 0.305 e. The second-order valence-electron chi connectivity index (χ2n) is 4.28. The fourth-order valence-corrected chi connectivity index (χ4v) is 2.37. The lowest BCUT2D eigenvalue weighted by atomic mass is 10.2. The van der Waals surface area contributed by atoms with Crippen LogP contribution in [0.1, 0.15) is 5.69 Å². The number of aromatic amines is 1. The smallest absolute Gasteiger partial charge is 0.263 e. The van der Waals surface area contributed by atoms with Gasteiger partial charge >= 0.3 is 0 Å². The number of pyridine rings is 1. The van der Waals surface area contributed by atoms with Crippen molar-refractivity contribution in [3.63, 3.8) is 0 Å². The molecule has 0 amide bonds. The summed E-state index contributed by atoms with van der Waals surface area (Å²) >= 11 is 3.12. The Kier molecular flexibility index (Phi) is 2.93. The van der Waals surface area contributed by atoms with Gasteiger partial charge < -0.3 is 4.98 Å². The van der Waals surface area contributed by atoms with Crippen LogP contribution in [0.5, 0.6) is 0 Å². The van der Waals surface area contributed by atoms with E-state index in [2.05, 4.69) is 26.0 Å². The third-order valence-electron chi connectivity index (χ3n) is 2.98. The summed E-state index contributed by atoms with van der Waals surface area (Å²) in [5.41, 5.74) is 0.0956. The molecule has 0 unspecified atom stereocenters. The molecule has 2 aromatic heterocycles. The first kappa shape index (κ1) is 13.0. The minimum Gasteiger partial charge on any atom is -0.305 e. The molecule has 2 heterocycles. The number of halogens is 3. The van der Waals surface area contributed by atoms with Gasteiger partial charge in [0.15, 0.2) is 11.6 Å². The molecule has 0 atom stereocenters. The second-order valence-corrected chi connectivity index (χ2v) is 5.13. The Morgan fingerprint density at radius 3 is 2.60 bits per heavy atom. The molecule has 0 aliphatic heterocycles. The molecule has 20 heavy (non-hydrogen) atoms. The highest BCUT2D eigenvalue weighted by Crippen LogP contribution is 2.24. The number of aromatic nitrogens is 3. The second kappa shape index (κ2) is 4.52. The maximum absolute atomic E-state index is 13.9. The van der Waals surface area contributed by atoms with Gasteiger partial charge in [-0.05, 0) is 41.1 Å². The topological polar surface area (TPSA) is 50.7 Å². The van der Waals surface area contributed by atoms with E-state index in [1.807, 2.05) is 0 Å². The Bertz CT molecular complexity index is 865. The molecular weight excluding hydrogens is 332 g/mol. The molecule has 0 aliphatic carbocycles. The lowest BCUT2D eigenvalue weighted by molar-refractivity contribution is 0.561. The van der Waals surface area contributed by atoms with Gasteiger partial charge in [0.1, 0.15) is 11.3 Å². The number of para-hydroxylation sites is 1. The summed E-state index contributed by atoms with van der Waals surface area (Å²) in [6, 6.07) is 5.12. The standard InChI is InChI=1S/C13H8BrF2N3O/c1-6-7-5-8(14)13(20)17-12(7)19(18-6)11-9(15)3-2-4-10(11)16/h2-5H,1H3,(H,17,20). The lowest BCUT2D eigenvalue weighted by Gasteiger charge is -2.05. The van der Waals surface area contributed by atoms with Crippen LogP contribution in [-0.4, -0.2) is 14.8 Å². The minimum absolute atomic E-state index is 0.250. The number of aryl methyl sites for hydroxylation is 1. The zero-order valence-corrected chi connectivity index (χ0v) is 11.8. The Hall–Kier alpha value is -2.02. The fraction of sp³-hybridized carbons (Fsp3) is 0.0769. The van der Waals surface area contributed by atoms with Crippen LogP contribution in [0, 0.1) is 18.6 Å². The van der Waals surface area contributed by atoms with Crippen LogP contribution in [0.4, 0.5) is 8.78 Å². The van der Waals surface area contributed by atoms with Crippen LogP contribution < -0.4 is 5.56 Å². The van der Waals surface area contributed by atoms with Gasteiger partial charge in [-0.25, -0.2) is 13.5 Å². The highest BCUT2D eigenvalue weighted by atomic mass is 79.9. The first-order valence-electron chi connectivity index (χ1n) is 5.71. The molecule has 0 saturated heterocycles. The summed E-state index contributed by atoms with van der Waals surface area (Å²) in [6.07, 6.45) is 0. The molecule has 102 valence electrons. The van der Waals surface area contributed by atoms with Crippen LogP contribution in [0.25, 0.3) is 16.7 Å². The van der Waals surface area contributed by atoms with Crippen molar-refractivity contribution in [1.82, 2.24) is 14.8 Å². The highest BCUT2D eigenvalue weighted by molar-refractivity contribution is 9.10. The van der Waals surface area contributed by atoms with Gasteiger partial charge in [-0.1, -0.05) is 6.07 Å². The van der Waals surface area contributed by atoms with Crippen molar-refractivity contribution in [1.29, 1.82) is 0 Å². The molecule has 4 nitrogen and oxygen atoms in total. The van der Waals surface area contributed by atoms with Crippen molar-refractivity contribution >= 4 is 27.0 Å². The maximum atomic E-state index is 13.9. The first-order valence-corrected chi connectivity index (χ1v) is 6.51. The van der Waals surface area contributed by atoms with Crippen LogP contribution in [0.3, 0.4) is 0 Å². The van der Waals surface area contributed by atoms with Crippen LogP contribution in [0.15, 0.2) is 33.5 Å². The first-order chi connectivity index (χ1) is 9.49. The van der Waals surface area contributed by atoms with E-state index < -0.39 is 17.2 Å².